The Morgan fingerprint density at radius 3 is 2.83 bits per heavy atom. The molecule has 0 bridgehead atoms. The summed E-state index contributed by atoms with van der Waals surface area (Å²) >= 11 is 1.19. The number of thiophene rings is 1. The highest BCUT2D eigenvalue weighted by Gasteiger charge is 2.12. The van der Waals surface area contributed by atoms with Gasteiger partial charge in [0, 0.05) is 13.1 Å². The molecule has 0 atom stereocenters. The van der Waals surface area contributed by atoms with Gasteiger partial charge in [0.2, 0.25) is 10.0 Å². The van der Waals surface area contributed by atoms with Crippen LogP contribution in [0.2, 0.25) is 0 Å². The molecule has 0 aliphatic heterocycles. The maximum absolute atomic E-state index is 11.3. The molecule has 1 aromatic heterocycles. The van der Waals surface area contributed by atoms with E-state index in [4.69, 9.17) is 5.73 Å². The second-order valence-electron chi connectivity index (χ2n) is 2.12. The lowest BCUT2D eigenvalue weighted by Gasteiger charge is -2.01. The summed E-state index contributed by atoms with van der Waals surface area (Å²) in [5.41, 5.74) is 5.17. The van der Waals surface area contributed by atoms with Gasteiger partial charge in [0.25, 0.3) is 0 Å². The molecule has 0 aliphatic rings. The molecule has 0 amide bonds. The van der Waals surface area contributed by atoms with Crippen LogP contribution in [0.15, 0.2) is 21.7 Å². The van der Waals surface area contributed by atoms with E-state index in [1.54, 1.807) is 17.5 Å². The third-order valence-electron chi connectivity index (χ3n) is 1.20. The van der Waals surface area contributed by atoms with E-state index in [9.17, 15) is 8.42 Å². The summed E-state index contributed by atoms with van der Waals surface area (Å²) in [4.78, 5) is 0. The van der Waals surface area contributed by atoms with Crippen molar-refractivity contribution in [2.24, 2.45) is 5.73 Å². The average Bonchev–Trinajstić information content (AvgIpc) is 2.53. The maximum Gasteiger partial charge on any atom is 0.250 e. The zero-order valence-corrected chi connectivity index (χ0v) is 7.99. The van der Waals surface area contributed by atoms with Gasteiger partial charge >= 0.3 is 0 Å². The normalized spacial score (nSPS) is 11.8. The lowest BCUT2D eigenvalue weighted by molar-refractivity contribution is 0.584. The second-order valence-corrected chi connectivity index (χ2v) is 5.06. The van der Waals surface area contributed by atoms with Gasteiger partial charge in [-0.25, -0.2) is 13.1 Å². The highest BCUT2D eigenvalue weighted by Crippen LogP contribution is 2.14. The first-order chi connectivity index (χ1) is 5.67. The molecule has 0 radical (unpaired) electrons. The van der Waals surface area contributed by atoms with Gasteiger partial charge < -0.3 is 5.73 Å². The average molecular weight is 206 g/mol. The van der Waals surface area contributed by atoms with Crippen molar-refractivity contribution >= 4 is 21.4 Å². The van der Waals surface area contributed by atoms with E-state index in [2.05, 4.69) is 4.72 Å². The first kappa shape index (κ1) is 9.66. The van der Waals surface area contributed by atoms with Gasteiger partial charge in [0.05, 0.1) is 0 Å². The molecule has 1 aromatic rings. The summed E-state index contributed by atoms with van der Waals surface area (Å²) in [6.07, 6.45) is 0. The highest BCUT2D eigenvalue weighted by molar-refractivity contribution is 7.91. The molecule has 0 saturated heterocycles. The van der Waals surface area contributed by atoms with Crippen molar-refractivity contribution in [1.82, 2.24) is 4.72 Å². The molecule has 12 heavy (non-hydrogen) atoms. The number of hydrogen-bond acceptors (Lipinski definition) is 4. The summed E-state index contributed by atoms with van der Waals surface area (Å²) in [6, 6.07) is 3.26. The van der Waals surface area contributed by atoms with Crippen molar-refractivity contribution in [3.05, 3.63) is 17.5 Å². The first-order valence-corrected chi connectivity index (χ1v) is 5.76. The van der Waals surface area contributed by atoms with Crippen LogP contribution in [0.5, 0.6) is 0 Å². The van der Waals surface area contributed by atoms with Crippen LogP contribution in [-0.4, -0.2) is 21.5 Å². The molecule has 0 aromatic carbocycles. The monoisotopic (exact) mass is 206 g/mol. The van der Waals surface area contributed by atoms with Crippen molar-refractivity contribution in [1.29, 1.82) is 0 Å². The van der Waals surface area contributed by atoms with E-state index < -0.39 is 10.0 Å². The van der Waals surface area contributed by atoms with Gasteiger partial charge in [-0.3, -0.25) is 0 Å². The Kier molecular flexibility index (Phi) is 3.21. The van der Waals surface area contributed by atoms with Crippen molar-refractivity contribution in [2.75, 3.05) is 13.1 Å². The third kappa shape index (κ3) is 2.28. The molecule has 0 spiro atoms. The number of sulfonamides is 1. The largest absolute Gasteiger partial charge is 0.329 e. The molecular weight excluding hydrogens is 196 g/mol. The zero-order valence-electron chi connectivity index (χ0n) is 6.36. The van der Waals surface area contributed by atoms with Crippen LogP contribution < -0.4 is 10.5 Å². The minimum Gasteiger partial charge on any atom is -0.329 e. The fraction of sp³-hybridized carbons (Fsp3) is 0.333. The molecule has 0 unspecified atom stereocenters. The summed E-state index contributed by atoms with van der Waals surface area (Å²) < 4.78 is 25.3. The van der Waals surface area contributed by atoms with E-state index in [1.165, 1.54) is 11.3 Å². The predicted molar refractivity (Wildman–Crippen MR) is 48.6 cm³/mol. The fourth-order valence-corrected chi connectivity index (χ4v) is 2.77. The van der Waals surface area contributed by atoms with Crippen molar-refractivity contribution < 1.29 is 8.42 Å². The Hall–Kier alpha value is -0.430. The third-order valence-corrected chi connectivity index (χ3v) is 4.05. The lowest BCUT2D eigenvalue weighted by atomic mass is 10.7. The summed E-state index contributed by atoms with van der Waals surface area (Å²) in [5, 5.41) is 1.72. The number of rotatable bonds is 4. The van der Waals surface area contributed by atoms with Gasteiger partial charge in [-0.2, -0.15) is 0 Å². The van der Waals surface area contributed by atoms with Gasteiger partial charge in [-0.15, -0.1) is 11.3 Å². The summed E-state index contributed by atoms with van der Waals surface area (Å²) in [7, 11) is -3.29. The van der Waals surface area contributed by atoms with Crippen LogP contribution in [-0.2, 0) is 10.0 Å². The van der Waals surface area contributed by atoms with E-state index in [1.807, 2.05) is 0 Å². The minimum atomic E-state index is -3.29. The lowest BCUT2D eigenvalue weighted by Crippen LogP contribution is -2.28. The van der Waals surface area contributed by atoms with Gasteiger partial charge in [-0.05, 0) is 11.4 Å². The standard InChI is InChI=1S/C6H10N2O2S2/c7-3-4-8-12(9,10)6-2-1-5-11-6/h1-2,5,8H,3-4,7H2. The quantitative estimate of drug-likeness (QED) is 0.727. The topological polar surface area (TPSA) is 72.2 Å². The van der Waals surface area contributed by atoms with Gasteiger partial charge in [-0.1, -0.05) is 6.07 Å². The van der Waals surface area contributed by atoms with Crippen LogP contribution in [0.25, 0.3) is 0 Å². The molecule has 1 rings (SSSR count). The molecule has 4 nitrogen and oxygen atoms in total. The maximum atomic E-state index is 11.3. The van der Waals surface area contributed by atoms with Crippen LogP contribution in [0.3, 0.4) is 0 Å². The van der Waals surface area contributed by atoms with E-state index in [-0.39, 0.29) is 6.54 Å². The zero-order chi connectivity index (χ0) is 9.03. The smallest absolute Gasteiger partial charge is 0.250 e. The SMILES string of the molecule is NCCNS(=O)(=O)c1cccs1. The number of nitrogens with one attached hydrogen (secondary N) is 1. The van der Waals surface area contributed by atoms with Crippen molar-refractivity contribution in [3.63, 3.8) is 0 Å². The molecule has 0 aliphatic carbocycles. The molecule has 0 fully saturated rings. The second kappa shape index (κ2) is 3.99. The molecule has 6 heteroatoms. The van der Waals surface area contributed by atoms with Gasteiger partial charge in [0.15, 0.2) is 0 Å². The number of hydrogen-bond donors (Lipinski definition) is 2. The predicted octanol–water partition coefficient (Wildman–Crippen LogP) is -0.0149. The Morgan fingerprint density at radius 2 is 2.33 bits per heavy atom. The summed E-state index contributed by atoms with van der Waals surface area (Å²) in [5.74, 6) is 0. The molecule has 3 N–H and O–H groups in total. The first-order valence-electron chi connectivity index (χ1n) is 3.40. The minimum absolute atomic E-state index is 0.278. The highest BCUT2D eigenvalue weighted by atomic mass is 32.2. The Bertz CT molecular complexity index is 317. The fourth-order valence-electron chi connectivity index (χ4n) is 0.681. The van der Waals surface area contributed by atoms with Crippen molar-refractivity contribution in [3.8, 4) is 0 Å². The van der Waals surface area contributed by atoms with E-state index in [0.717, 1.165) is 0 Å². The Morgan fingerprint density at radius 1 is 1.58 bits per heavy atom. The molecule has 1 heterocycles. The Balaban J connectivity index is 2.74. The molecule has 0 saturated carbocycles. The van der Waals surface area contributed by atoms with Crippen LogP contribution in [0.1, 0.15) is 0 Å². The molecule has 68 valence electrons. The molecular formula is C6H10N2O2S2. The Labute approximate surface area is 75.5 Å². The van der Waals surface area contributed by atoms with Crippen molar-refractivity contribution in [2.45, 2.75) is 4.21 Å². The summed E-state index contributed by atoms with van der Waals surface area (Å²) in [6.45, 7) is 0.588. The van der Waals surface area contributed by atoms with Crippen LogP contribution >= 0.6 is 11.3 Å². The van der Waals surface area contributed by atoms with Gasteiger partial charge in [0.1, 0.15) is 4.21 Å². The van der Waals surface area contributed by atoms with E-state index in [0.29, 0.717) is 10.8 Å². The van der Waals surface area contributed by atoms with E-state index >= 15 is 0 Å². The van der Waals surface area contributed by atoms with Crippen LogP contribution in [0, 0.1) is 0 Å². The number of nitrogens with two attached hydrogens (primary N) is 1. The van der Waals surface area contributed by atoms with Crippen LogP contribution in [0.4, 0.5) is 0 Å².